The molecule has 5 heteroatoms. The van der Waals surface area contributed by atoms with E-state index in [1.807, 2.05) is 60.7 Å². The summed E-state index contributed by atoms with van der Waals surface area (Å²) in [5, 5.41) is 9.67. The largest absolute Gasteiger partial charge is 0.361 e. The van der Waals surface area contributed by atoms with Gasteiger partial charge in [-0.25, -0.2) is 0 Å². The van der Waals surface area contributed by atoms with E-state index in [0.29, 0.717) is 10.7 Å². The number of aromatic nitrogens is 2. The Hall–Kier alpha value is -2.62. The number of hydrogen-bond acceptors (Lipinski definition) is 3. The minimum atomic E-state index is 0.435. The second-order valence-electron chi connectivity index (χ2n) is 4.09. The third kappa shape index (κ3) is 2.40. The van der Waals surface area contributed by atoms with Crippen molar-refractivity contribution in [3.63, 3.8) is 0 Å². The Morgan fingerprint density at radius 3 is 2.20 bits per heavy atom. The number of nitrogens with zero attached hydrogens (tertiary/aromatic N) is 4. The van der Waals surface area contributed by atoms with E-state index in [2.05, 4.69) is 15.0 Å². The summed E-state index contributed by atoms with van der Waals surface area (Å²) in [5.41, 5.74) is 11.5. The molecule has 3 rings (SSSR count). The van der Waals surface area contributed by atoms with Gasteiger partial charge in [-0.05, 0) is 12.1 Å². The monoisotopic (exact) mass is 278 g/mol. The van der Waals surface area contributed by atoms with E-state index in [4.69, 9.17) is 0 Å². The van der Waals surface area contributed by atoms with Crippen LogP contribution in [0.2, 0.25) is 0 Å². The second kappa shape index (κ2) is 5.57. The molecule has 0 aliphatic carbocycles. The van der Waals surface area contributed by atoms with E-state index in [1.54, 1.807) is 0 Å². The van der Waals surface area contributed by atoms with Gasteiger partial charge in [0.25, 0.3) is 0 Å². The maximum absolute atomic E-state index is 9.24. The van der Waals surface area contributed by atoms with Crippen molar-refractivity contribution in [2.75, 3.05) is 0 Å². The minimum Gasteiger partial charge on any atom is -0.361 e. The van der Waals surface area contributed by atoms with Crippen LogP contribution in [0.15, 0.2) is 60.7 Å². The molecule has 1 heterocycles. The lowest BCUT2D eigenvalue weighted by Crippen LogP contribution is -2.03. The number of hydrogen-bond donors (Lipinski definition) is 0. The van der Waals surface area contributed by atoms with E-state index in [1.165, 1.54) is 11.3 Å². The number of benzene rings is 2. The highest BCUT2D eigenvalue weighted by molar-refractivity contribution is 7.16. The molecular weight excluding hydrogens is 268 g/mol. The summed E-state index contributed by atoms with van der Waals surface area (Å²) in [4.78, 5) is 3.36. The van der Waals surface area contributed by atoms with Gasteiger partial charge in [0.15, 0.2) is 0 Å². The first-order chi connectivity index (χ1) is 9.88. The van der Waals surface area contributed by atoms with Crippen LogP contribution in [0.1, 0.15) is 10.6 Å². The van der Waals surface area contributed by atoms with Gasteiger partial charge in [-0.1, -0.05) is 59.9 Å². The summed E-state index contributed by atoms with van der Waals surface area (Å²) < 4.78 is 0. The normalized spacial score (nSPS) is 10.0. The Morgan fingerprint density at radius 2 is 1.55 bits per heavy atom. The molecule has 0 saturated carbocycles. The van der Waals surface area contributed by atoms with E-state index in [0.717, 1.165) is 16.1 Å². The molecular formula is C15H10N4S. The molecule has 0 unspecified atom stereocenters. The van der Waals surface area contributed by atoms with Crippen LogP contribution in [0.3, 0.4) is 0 Å². The lowest BCUT2D eigenvalue weighted by molar-refractivity contribution is -0.00285. The first kappa shape index (κ1) is 12.4. The Labute approximate surface area is 120 Å². The van der Waals surface area contributed by atoms with Gasteiger partial charge in [0, 0.05) is 5.56 Å². The minimum absolute atomic E-state index is 0.435. The molecule has 20 heavy (non-hydrogen) atoms. The molecule has 0 bridgehead atoms. The first-order valence-corrected chi connectivity index (χ1v) is 6.87. The Kier molecular flexibility index (Phi) is 3.46. The average Bonchev–Trinajstić information content (AvgIpc) is 3.00. The van der Waals surface area contributed by atoms with Crippen LogP contribution < -0.4 is 0 Å². The van der Waals surface area contributed by atoms with Gasteiger partial charge < -0.3 is 5.53 Å². The molecule has 96 valence electrons. The van der Waals surface area contributed by atoms with Gasteiger partial charge in [0.1, 0.15) is 5.01 Å². The summed E-state index contributed by atoms with van der Waals surface area (Å²) in [6.45, 7) is 0. The van der Waals surface area contributed by atoms with Gasteiger partial charge in [-0.15, -0.1) is 10.2 Å². The highest BCUT2D eigenvalue weighted by Crippen LogP contribution is 2.24. The molecule has 0 spiro atoms. The molecule has 0 amide bonds. The fourth-order valence-electron chi connectivity index (χ4n) is 1.84. The standard InChI is InChI=1S/C15H10N4S/c16-17-13(11-7-3-1-4-8-11)15-19-18-14(20-15)12-9-5-2-6-10-12/h1-10H. The summed E-state index contributed by atoms with van der Waals surface area (Å²) >= 11 is 1.40. The van der Waals surface area contributed by atoms with Crippen LogP contribution in [0.25, 0.3) is 16.1 Å². The van der Waals surface area contributed by atoms with Crippen LogP contribution in [0.4, 0.5) is 0 Å². The van der Waals surface area contributed by atoms with E-state index >= 15 is 0 Å². The molecule has 0 saturated heterocycles. The fourth-order valence-corrected chi connectivity index (χ4v) is 2.69. The van der Waals surface area contributed by atoms with Crippen molar-refractivity contribution >= 4 is 17.0 Å². The van der Waals surface area contributed by atoms with Gasteiger partial charge in [0.05, 0.1) is 5.56 Å². The quantitative estimate of drug-likeness (QED) is 0.419. The van der Waals surface area contributed by atoms with Gasteiger partial charge >= 0.3 is 5.71 Å². The molecule has 3 aromatic rings. The summed E-state index contributed by atoms with van der Waals surface area (Å²) in [6, 6.07) is 19.2. The topological polar surface area (TPSA) is 62.2 Å². The third-order valence-electron chi connectivity index (χ3n) is 2.80. The summed E-state index contributed by atoms with van der Waals surface area (Å²) in [7, 11) is 0. The van der Waals surface area contributed by atoms with Crippen LogP contribution in [0, 0.1) is 0 Å². The average molecular weight is 278 g/mol. The van der Waals surface area contributed by atoms with Crippen LogP contribution in [-0.4, -0.2) is 20.7 Å². The van der Waals surface area contributed by atoms with Crippen LogP contribution in [0.5, 0.6) is 0 Å². The van der Waals surface area contributed by atoms with Crippen molar-refractivity contribution in [3.05, 3.63) is 76.8 Å². The Balaban J connectivity index is 2.00. The molecule has 0 aliphatic heterocycles. The molecule has 0 fully saturated rings. The van der Waals surface area contributed by atoms with Crippen molar-refractivity contribution in [2.24, 2.45) is 0 Å². The van der Waals surface area contributed by atoms with E-state index in [-0.39, 0.29) is 0 Å². The number of rotatable bonds is 3. The maximum atomic E-state index is 9.24. The molecule has 4 nitrogen and oxygen atoms in total. The molecule has 0 N–H and O–H groups in total. The zero-order chi connectivity index (χ0) is 13.8. The van der Waals surface area contributed by atoms with Gasteiger partial charge in [-0.2, -0.15) is 4.79 Å². The van der Waals surface area contributed by atoms with Crippen molar-refractivity contribution in [1.29, 1.82) is 0 Å². The second-order valence-corrected chi connectivity index (χ2v) is 5.07. The lowest BCUT2D eigenvalue weighted by Gasteiger charge is -1.92. The van der Waals surface area contributed by atoms with Crippen molar-refractivity contribution in [3.8, 4) is 10.6 Å². The van der Waals surface area contributed by atoms with Gasteiger partial charge in [-0.3, -0.25) is 0 Å². The lowest BCUT2D eigenvalue weighted by atomic mass is 10.1. The van der Waals surface area contributed by atoms with E-state index < -0.39 is 0 Å². The maximum Gasteiger partial charge on any atom is 0.359 e. The molecule has 0 aliphatic rings. The van der Waals surface area contributed by atoms with Gasteiger partial charge in [0.2, 0.25) is 5.01 Å². The van der Waals surface area contributed by atoms with Crippen molar-refractivity contribution < 1.29 is 4.79 Å². The predicted molar refractivity (Wildman–Crippen MR) is 78.6 cm³/mol. The third-order valence-corrected chi connectivity index (χ3v) is 3.77. The highest BCUT2D eigenvalue weighted by Gasteiger charge is 2.20. The molecule has 0 radical (unpaired) electrons. The van der Waals surface area contributed by atoms with Crippen LogP contribution >= 0.6 is 11.3 Å². The Bertz CT molecular complexity index is 759. The fraction of sp³-hybridized carbons (Fsp3) is 0. The first-order valence-electron chi connectivity index (χ1n) is 6.05. The summed E-state index contributed by atoms with van der Waals surface area (Å²) in [5.74, 6) is 0. The highest BCUT2D eigenvalue weighted by atomic mass is 32.1. The Morgan fingerprint density at radius 1 is 0.900 bits per heavy atom. The molecule has 2 aromatic carbocycles. The van der Waals surface area contributed by atoms with Crippen LogP contribution in [-0.2, 0) is 0 Å². The zero-order valence-electron chi connectivity index (χ0n) is 10.5. The molecule has 0 atom stereocenters. The zero-order valence-corrected chi connectivity index (χ0v) is 11.3. The van der Waals surface area contributed by atoms with Crippen molar-refractivity contribution in [2.45, 2.75) is 0 Å². The SMILES string of the molecule is [N-]=[N+]=C(c1ccccc1)c1nnc(-c2ccccc2)s1. The van der Waals surface area contributed by atoms with E-state index in [9.17, 15) is 5.53 Å². The smallest absolute Gasteiger partial charge is 0.359 e. The van der Waals surface area contributed by atoms with Crippen molar-refractivity contribution in [1.82, 2.24) is 10.2 Å². The molecule has 1 aromatic heterocycles. The predicted octanol–water partition coefficient (Wildman–Crippen LogP) is 3.27. The summed E-state index contributed by atoms with van der Waals surface area (Å²) in [6.07, 6.45) is 0.